The lowest BCUT2D eigenvalue weighted by atomic mass is 10.1. The van der Waals surface area contributed by atoms with E-state index < -0.39 is 0 Å². The van der Waals surface area contributed by atoms with Gasteiger partial charge in [-0.05, 0) is 23.5 Å². The summed E-state index contributed by atoms with van der Waals surface area (Å²) in [6.45, 7) is 4.46. The van der Waals surface area contributed by atoms with Crippen LogP contribution in [0.2, 0.25) is 0 Å². The van der Waals surface area contributed by atoms with E-state index in [4.69, 9.17) is 10.7 Å². The van der Waals surface area contributed by atoms with Crippen molar-refractivity contribution in [2.45, 2.75) is 57.6 Å². The fourth-order valence-electron chi connectivity index (χ4n) is 1.18. The molecule has 0 saturated heterocycles. The molecule has 0 bridgehead atoms. The molecule has 0 aromatic heterocycles. The van der Waals surface area contributed by atoms with E-state index >= 15 is 0 Å². The van der Waals surface area contributed by atoms with Crippen LogP contribution in [-0.4, -0.2) is 5.25 Å². The lowest BCUT2D eigenvalue weighted by molar-refractivity contribution is 0.616. The summed E-state index contributed by atoms with van der Waals surface area (Å²) >= 11 is 0. The third-order valence-corrected chi connectivity index (χ3v) is 3.35. The molecular weight excluding hydrogens is 176 g/mol. The fraction of sp³-hybridized carbons (Fsp3) is 1.00. The van der Waals surface area contributed by atoms with Crippen molar-refractivity contribution in [2.24, 2.45) is 0 Å². The Hall–Kier alpha value is 0.640. The Morgan fingerprint density at radius 1 is 1.09 bits per heavy atom. The highest BCUT2D eigenvalue weighted by Crippen LogP contribution is 2.25. The Morgan fingerprint density at radius 2 is 1.82 bits per heavy atom. The second kappa shape index (κ2) is 8.73. The highest BCUT2D eigenvalue weighted by molar-refractivity contribution is 8.21. The summed E-state index contributed by atoms with van der Waals surface area (Å²) in [5.41, 5.74) is 0. The Morgan fingerprint density at radius 3 is 2.27 bits per heavy atom. The van der Waals surface area contributed by atoms with Gasteiger partial charge in [0.15, 0.2) is 0 Å². The van der Waals surface area contributed by atoms with E-state index in [9.17, 15) is 0 Å². The Labute approximate surface area is 79.6 Å². The molecule has 0 heterocycles. The smallest absolute Gasteiger partial charge is 0.0199 e. The number of hydrogen-bond donors (Lipinski definition) is 0. The molecule has 11 heavy (non-hydrogen) atoms. The molecule has 1 unspecified atom stereocenters. The van der Waals surface area contributed by atoms with E-state index in [0.717, 1.165) is 0 Å². The third-order valence-electron chi connectivity index (χ3n) is 1.87. The van der Waals surface area contributed by atoms with Crippen LogP contribution in [0, 0.1) is 0 Å². The first-order valence-electron chi connectivity index (χ1n) is 4.62. The molecule has 0 spiro atoms. The van der Waals surface area contributed by atoms with Gasteiger partial charge in [-0.2, -0.15) is 0 Å². The van der Waals surface area contributed by atoms with Crippen LogP contribution in [0.25, 0.3) is 0 Å². The van der Waals surface area contributed by atoms with Crippen LogP contribution in [0.3, 0.4) is 0 Å². The maximum Gasteiger partial charge on any atom is 0.0199 e. The molecule has 2 heteroatoms. The molecule has 0 aromatic carbocycles. The van der Waals surface area contributed by atoms with Gasteiger partial charge in [-0.3, -0.25) is 0 Å². The van der Waals surface area contributed by atoms with Gasteiger partial charge in [-0.25, -0.2) is 0 Å². The van der Waals surface area contributed by atoms with Crippen molar-refractivity contribution in [1.82, 2.24) is 0 Å². The van der Waals surface area contributed by atoms with Gasteiger partial charge in [0.25, 0.3) is 0 Å². The van der Waals surface area contributed by atoms with Crippen molar-refractivity contribution in [3.05, 3.63) is 0 Å². The van der Waals surface area contributed by atoms with E-state index in [1.165, 1.54) is 49.5 Å². The van der Waals surface area contributed by atoms with Crippen LogP contribution in [0.5, 0.6) is 0 Å². The van der Waals surface area contributed by atoms with Gasteiger partial charge in [0.1, 0.15) is 0 Å². The molecule has 0 N–H and O–H groups in total. The topological polar surface area (TPSA) is 0 Å². The van der Waals surface area contributed by atoms with E-state index in [2.05, 4.69) is 13.8 Å². The normalized spacial score (nSPS) is 13.4. The Kier molecular flexibility index (Phi) is 9.24. The summed E-state index contributed by atoms with van der Waals surface area (Å²) in [5, 5.41) is 0.702. The molecule has 0 rings (SSSR count). The predicted molar refractivity (Wildman–Crippen MR) is 56.3 cm³/mol. The van der Waals surface area contributed by atoms with Gasteiger partial charge >= 0.3 is 0 Å². The van der Waals surface area contributed by atoms with Crippen LogP contribution in [-0.2, 0) is 0 Å². The second-order valence-corrected chi connectivity index (χ2v) is 4.37. The van der Waals surface area contributed by atoms with Gasteiger partial charge in [-0.15, -0.1) is 0 Å². The Bertz CT molecular complexity index is 76.0. The first-order chi connectivity index (χ1) is 5.35. The molecule has 0 fully saturated rings. The summed E-state index contributed by atoms with van der Waals surface area (Å²) in [6.07, 6.45) is 7.86. The van der Waals surface area contributed by atoms with Crippen LogP contribution >= 0.6 is 21.7 Å². The number of hydrogen-bond acceptors (Lipinski definition) is 1. The molecule has 0 radical (unpaired) electrons. The van der Waals surface area contributed by atoms with Crippen molar-refractivity contribution in [2.75, 3.05) is 0 Å². The van der Waals surface area contributed by atoms with Gasteiger partial charge in [0.2, 0.25) is 0 Å². The summed E-state index contributed by atoms with van der Waals surface area (Å²) in [7, 11) is 7.26. The van der Waals surface area contributed by atoms with Gasteiger partial charge in [0.05, 0.1) is 0 Å². The molecule has 68 valence electrons. The van der Waals surface area contributed by atoms with Crippen LogP contribution < -0.4 is 0 Å². The van der Waals surface area contributed by atoms with Crippen LogP contribution in [0.4, 0.5) is 0 Å². The van der Waals surface area contributed by atoms with Crippen molar-refractivity contribution < 1.29 is 0 Å². The fourth-order valence-corrected chi connectivity index (χ4v) is 2.29. The van der Waals surface area contributed by atoms with Crippen molar-refractivity contribution >= 4 is 21.7 Å². The van der Waals surface area contributed by atoms with Gasteiger partial charge < -0.3 is 0 Å². The van der Waals surface area contributed by atoms with Crippen LogP contribution in [0.15, 0.2) is 0 Å². The first-order valence-corrected chi connectivity index (χ1v) is 6.33. The monoisotopic (exact) mass is 194 g/mol. The largest absolute Gasteiger partial charge is 0.0654 e. The quantitative estimate of drug-likeness (QED) is 0.533. The molecule has 0 aliphatic rings. The molecule has 0 nitrogen and oxygen atoms in total. The highest BCUT2D eigenvalue weighted by Gasteiger charge is 2.05. The zero-order valence-corrected chi connectivity index (χ0v) is 9.18. The summed E-state index contributed by atoms with van der Waals surface area (Å²) in [6, 6.07) is 0. The number of unbranched alkanes of at least 4 members (excludes halogenated alkanes) is 2. The lowest BCUT2D eigenvalue weighted by Gasteiger charge is -2.10. The number of rotatable bonds is 7. The van der Waals surface area contributed by atoms with Gasteiger partial charge in [0, 0.05) is 5.25 Å². The molecule has 0 aliphatic heterocycles. The minimum atomic E-state index is 0.702. The van der Waals surface area contributed by atoms with Crippen molar-refractivity contribution in [1.29, 1.82) is 0 Å². The maximum absolute atomic E-state index is 5.74. The van der Waals surface area contributed by atoms with E-state index in [-0.39, 0.29) is 0 Å². The average Bonchev–Trinajstić information content (AvgIpc) is 2.03. The molecule has 0 saturated carbocycles. The zero-order chi connectivity index (χ0) is 8.53. The lowest BCUT2D eigenvalue weighted by Crippen LogP contribution is -1.99. The predicted octanol–water partition coefficient (Wildman–Crippen LogP) is 4.62. The zero-order valence-electron chi connectivity index (χ0n) is 7.61. The van der Waals surface area contributed by atoms with Crippen molar-refractivity contribution in [3.8, 4) is 0 Å². The summed E-state index contributed by atoms with van der Waals surface area (Å²) in [5.74, 6) is 0. The summed E-state index contributed by atoms with van der Waals surface area (Å²) in [4.78, 5) is 0. The molecule has 0 amide bonds. The maximum atomic E-state index is 5.74. The van der Waals surface area contributed by atoms with E-state index in [1.54, 1.807) is 0 Å². The van der Waals surface area contributed by atoms with Gasteiger partial charge in [-0.1, -0.05) is 50.5 Å². The minimum absolute atomic E-state index is 0.702. The average molecular weight is 195 g/mol. The SMILES string of the molecule is CCCCCC(CCC)SCl. The minimum Gasteiger partial charge on any atom is -0.0654 e. The second-order valence-electron chi connectivity index (χ2n) is 3.00. The standard InChI is InChI=1S/C9H19ClS/c1-3-5-6-8-9(11-10)7-4-2/h9H,3-8H2,1-2H3. The third kappa shape index (κ3) is 7.02. The Balaban J connectivity index is 3.20. The molecule has 0 aliphatic carbocycles. The van der Waals surface area contributed by atoms with E-state index in [1.807, 2.05) is 0 Å². The number of halogens is 1. The first kappa shape index (κ1) is 11.6. The molecule has 1 atom stereocenters. The molecule has 0 aromatic rings. The van der Waals surface area contributed by atoms with E-state index in [0.29, 0.717) is 5.25 Å². The van der Waals surface area contributed by atoms with Crippen LogP contribution in [0.1, 0.15) is 52.4 Å². The molecular formula is C9H19ClS. The summed E-state index contributed by atoms with van der Waals surface area (Å²) < 4.78 is 0. The van der Waals surface area contributed by atoms with Crippen molar-refractivity contribution in [3.63, 3.8) is 0 Å². The highest BCUT2D eigenvalue weighted by atomic mass is 35.7.